The van der Waals surface area contributed by atoms with E-state index in [2.05, 4.69) is 26.6 Å². The Morgan fingerprint density at radius 1 is 1.22 bits per heavy atom. The van der Waals surface area contributed by atoms with Crippen LogP contribution in [0.25, 0.3) is 11.3 Å². The van der Waals surface area contributed by atoms with Crippen molar-refractivity contribution in [2.24, 2.45) is 4.99 Å². The van der Waals surface area contributed by atoms with E-state index in [-0.39, 0.29) is 0 Å². The Hall–Kier alpha value is -3.77. The Morgan fingerprint density at radius 2 is 2.00 bits per heavy atom. The SMILES string of the molecule is C=N/C(C)=C(/c1c[nH]c(Oc2ccc(OC)cc2)c1)N1C=C(c2cccnc2)C=C(Cl)C1. The highest BCUT2D eigenvalue weighted by molar-refractivity contribution is 6.30. The maximum atomic E-state index is 6.52. The van der Waals surface area contributed by atoms with Gasteiger partial charge in [-0.3, -0.25) is 9.98 Å². The van der Waals surface area contributed by atoms with E-state index in [0.29, 0.717) is 23.2 Å². The van der Waals surface area contributed by atoms with Crippen molar-refractivity contribution in [2.45, 2.75) is 6.92 Å². The lowest BCUT2D eigenvalue weighted by Crippen LogP contribution is -2.21. The molecule has 3 aromatic rings. The van der Waals surface area contributed by atoms with Crippen molar-refractivity contribution >= 4 is 29.6 Å². The van der Waals surface area contributed by atoms with E-state index in [4.69, 9.17) is 21.1 Å². The maximum absolute atomic E-state index is 6.52. The number of methoxy groups -OCH3 is 1. The molecule has 162 valence electrons. The summed E-state index contributed by atoms with van der Waals surface area (Å²) in [5.41, 5.74) is 4.51. The minimum Gasteiger partial charge on any atom is -0.497 e. The number of aromatic amines is 1. The summed E-state index contributed by atoms with van der Waals surface area (Å²) in [4.78, 5) is 13.7. The van der Waals surface area contributed by atoms with Crippen molar-refractivity contribution in [3.8, 4) is 17.4 Å². The highest BCUT2D eigenvalue weighted by Crippen LogP contribution is 2.34. The smallest absolute Gasteiger partial charge is 0.198 e. The number of nitrogens with one attached hydrogen (secondary N) is 1. The number of ether oxygens (including phenoxy) is 2. The molecule has 2 aromatic heterocycles. The number of aromatic nitrogens is 2. The molecule has 7 heteroatoms. The topological polar surface area (TPSA) is 62.7 Å². The fourth-order valence-corrected chi connectivity index (χ4v) is 3.71. The Labute approximate surface area is 192 Å². The molecular formula is C25H23ClN4O2. The number of rotatable bonds is 7. The Bertz CT molecular complexity index is 1190. The van der Waals surface area contributed by atoms with Gasteiger partial charge in [0, 0.05) is 52.6 Å². The zero-order chi connectivity index (χ0) is 22.5. The molecule has 0 aliphatic carbocycles. The van der Waals surface area contributed by atoms with Gasteiger partial charge in [0.1, 0.15) is 11.5 Å². The van der Waals surface area contributed by atoms with Crippen LogP contribution in [0.3, 0.4) is 0 Å². The summed E-state index contributed by atoms with van der Waals surface area (Å²) in [5, 5.41) is 0.714. The van der Waals surface area contributed by atoms with Gasteiger partial charge in [-0.2, -0.15) is 0 Å². The van der Waals surface area contributed by atoms with Crippen molar-refractivity contribution in [1.29, 1.82) is 0 Å². The van der Waals surface area contributed by atoms with E-state index in [0.717, 1.165) is 33.8 Å². The zero-order valence-corrected chi connectivity index (χ0v) is 18.6. The van der Waals surface area contributed by atoms with E-state index >= 15 is 0 Å². The molecule has 6 nitrogen and oxygen atoms in total. The van der Waals surface area contributed by atoms with Crippen LogP contribution in [0.1, 0.15) is 18.1 Å². The first-order valence-electron chi connectivity index (χ1n) is 10.0. The Morgan fingerprint density at radius 3 is 2.69 bits per heavy atom. The standard InChI is InChI=1S/C25H23ClN4O2/c1-17(27-2)25(30-15-20(11-21(26)16-30)18-5-4-10-28-13-18)19-12-24(29-14-19)32-23-8-6-22(31-3)7-9-23/h4-15,29H,2,16H2,1,3H3/b25-17-. The lowest BCUT2D eigenvalue weighted by molar-refractivity contribution is 0.412. The molecule has 0 saturated heterocycles. The van der Waals surface area contributed by atoms with E-state index < -0.39 is 0 Å². The number of hydrogen-bond donors (Lipinski definition) is 1. The van der Waals surface area contributed by atoms with Crippen LogP contribution in [0.2, 0.25) is 0 Å². The minimum absolute atomic E-state index is 0.521. The number of nitrogens with zero attached hydrogens (tertiary/aromatic N) is 3. The third-order valence-electron chi connectivity index (χ3n) is 5.01. The molecule has 0 saturated carbocycles. The summed E-state index contributed by atoms with van der Waals surface area (Å²) < 4.78 is 11.2. The molecule has 0 spiro atoms. The van der Waals surface area contributed by atoms with Crippen LogP contribution in [0.4, 0.5) is 0 Å². The molecular weight excluding hydrogens is 424 g/mol. The number of hydrogen-bond acceptors (Lipinski definition) is 5. The van der Waals surface area contributed by atoms with Crippen molar-refractivity contribution in [2.75, 3.05) is 13.7 Å². The first-order valence-corrected chi connectivity index (χ1v) is 10.4. The molecule has 1 aromatic carbocycles. The van der Waals surface area contributed by atoms with Gasteiger partial charge < -0.3 is 19.4 Å². The van der Waals surface area contributed by atoms with E-state index in [1.807, 2.05) is 74.1 Å². The lowest BCUT2D eigenvalue weighted by Gasteiger charge is -2.28. The van der Waals surface area contributed by atoms with Crippen molar-refractivity contribution in [3.05, 3.63) is 95.2 Å². The van der Waals surface area contributed by atoms with Gasteiger partial charge in [-0.25, -0.2) is 0 Å². The quantitative estimate of drug-likeness (QED) is 0.447. The molecule has 32 heavy (non-hydrogen) atoms. The first-order chi connectivity index (χ1) is 15.6. The van der Waals surface area contributed by atoms with Gasteiger partial charge in [-0.05, 0) is 50.0 Å². The molecule has 1 aliphatic rings. The third-order valence-corrected chi connectivity index (χ3v) is 5.24. The molecule has 0 bridgehead atoms. The molecule has 1 aliphatic heterocycles. The van der Waals surface area contributed by atoms with Crippen LogP contribution in [-0.4, -0.2) is 35.2 Å². The molecule has 0 radical (unpaired) electrons. The van der Waals surface area contributed by atoms with Crippen molar-refractivity contribution in [1.82, 2.24) is 14.9 Å². The molecule has 4 rings (SSSR count). The normalized spacial score (nSPS) is 14.3. The lowest BCUT2D eigenvalue weighted by atomic mass is 10.0. The van der Waals surface area contributed by atoms with Gasteiger partial charge in [0.25, 0.3) is 0 Å². The molecule has 0 atom stereocenters. The van der Waals surface area contributed by atoms with Gasteiger partial charge in [-0.15, -0.1) is 0 Å². The second-order valence-corrected chi connectivity index (χ2v) is 7.65. The average Bonchev–Trinajstić information content (AvgIpc) is 3.27. The number of allylic oxidation sites excluding steroid dienone is 3. The van der Waals surface area contributed by atoms with E-state index in [1.54, 1.807) is 13.3 Å². The summed E-state index contributed by atoms with van der Waals surface area (Å²) in [6.45, 7) is 6.16. The van der Waals surface area contributed by atoms with Gasteiger partial charge in [0.05, 0.1) is 25.0 Å². The van der Waals surface area contributed by atoms with Crippen LogP contribution in [0.5, 0.6) is 17.4 Å². The summed E-state index contributed by atoms with van der Waals surface area (Å²) in [6.07, 6.45) is 9.45. The highest BCUT2D eigenvalue weighted by atomic mass is 35.5. The minimum atomic E-state index is 0.521. The highest BCUT2D eigenvalue weighted by Gasteiger charge is 2.20. The molecule has 0 amide bonds. The van der Waals surface area contributed by atoms with Gasteiger partial charge in [0.2, 0.25) is 0 Å². The Kier molecular flexibility index (Phi) is 6.42. The summed E-state index contributed by atoms with van der Waals surface area (Å²) in [5.74, 6) is 2.08. The third kappa shape index (κ3) is 4.76. The Balaban J connectivity index is 1.64. The van der Waals surface area contributed by atoms with Gasteiger partial charge >= 0.3 is 0 Å². The molecule has 3 heterocycles. The van der Waals surface area contributed by atoms with Crippen molar-refractivity contribution < 1.29 is 9.47 Å². The summed E-state index contributed by atoms with van der Waals surface area (Å²) in [7, 11) is 1.63. The number of pyridine rings is 1. The fraction of sp³-hybridized carbons (Fsp3) is 0.120. The van der Waals surface area contributed by atoms with Crippen LogP contribution in [0.15, 0.2) is 89.1 Å². The van der Waals surface area contributed by atoms with Crippen LogP contribution >= 0.6 is 11.6 Å². The second kappa shape index (κ2) is 9.58. The van der Waals surface area contributed by atoms with Gasteiger partial charge in [0.15, 0.2) is 5.88 Å². The largest absolute Gasteiger partial charge is 0.497 e. The predicted molar refractivity (Wildman–Crippen MR) is 129 cm³/mol. The molecule has 1 N–H and O–H groups in total. The molecule has 0 unspecified atom stereocenters. The van der Waals surface area contributed by atoms with Crippen molar-refractivity contribution in [3.63, 3.8) is 0 Å². The van der Waals surface area contributed by atoms with Gasteiger partial charge in [-0.1, -0.05) is 17.7 Å². The van der Waals surface area contributed by atoms with E-state index in [1.165, 1.54) is 0 Å². The van der Waals surface area contributed by atoms with Crippen LogP contribution < -0.4 is 9.47 Å². The average molecular weight is 447 g/mol. The van der Waals surface area contributed by atoms with E-state index in [9.17, 15) is 0 Å². The first kappa shape index (κ1) is 21.5. The van der Waals surface area contributed by atoms with Crippen LogP contribution in [-0.2, 0) is 0 Å². The number of aliphatic imine (C=N–C) groups is 1. The number of H-pyrrole nitrogens is 1. The predicted octanol–water partition coefficient (Wildman–Crippen LogP) is 6.08. The van der Waals surface area contributed by atoms with Crippen LogP contribution in [0, 0.1) is 0 Å². The number of halogens is 1. The maximum Gasteiger partial charge on any atom is 0.198 e. The zero-order valence-electron chi connectivity index (χ0n) is 17.9. The summed E-state index contributed by atoms with van der Waals surface area (Å²) >= 11 is 6.52. The summed E-state index contributed by atoms with van der Waals surface area (Å²) in [6, 6.07) is 13.2. The second-order valence-electron chi connectivity index (χ2n) is 7.17. The fourth-order valence-electron chi connectivity index (χ4n) is 3.46. The monoisotopic (exact) mass is 446 g/mol. The number of benzene rings is 1. The molecule has 0 fully saturated rings.